The van der Waals surface area contributed by atoms with Crippen LogP contribution >= 0.6 is 0 Å². The summed E-state index contributed by atoms with van der Waals surface area (Å²) in [6, 6.07) is 0. The molecule has 108 valence electrons. The topological polar surface area (TPSA) is 51.2 Å². The molecule has 0 radical (unpaired) electrons. The van der Waals surface area contributed by atoms with Crippen LogP contribution in [0, 0.1) is 5.92 Å². The molecule has 1 saturated heterocycles. The van der Waals surface area contributed by atoms with Gasteiger partial charge in [-0.25, -0.2) is 0 Å². The summed E-state index contributed by atoms with van der Waals surface area (Å²) in [6.45, 7) is 5.09. The zero-order valence-corrected chi connectivity index (χ0v) is 11.6. The quantitative estimate of drug-likeness (QED) is 0.608. The third-order valence-corrected chi connectivity index (χ3v) is 3.22. The summed E-state index contributed by atoms with van der Waals surface area (Å²) in [5, 5.41) is 9.88. The molecule has 1 rings (SSSR count). The highest BCUT2D eigenvalue weighted by atomic mass is 16.5. The van der Waals surface area contributed by atoms with Gasteiger partial charge in [-0.1, -0.05) is 0 Å². The van der Waals surface area contributed by atoms with Gasteiger partial charge in [0, 0.05) is 27.3 Å². The Balaban J connectivity index is 2.12. The lowest BCUT2D eigenvalue weighted by Gasteiger charge is -2.33. The number of rotatable bonds is 9. The van der Waals surface area contributed by atoms with Crippen LogP contribution in [0.15, 0.2) is 0 Å². The Morgan fingerprint density at radius 1 is 1.28 bits per heavy atom. The minimum absolute atomic E-state index is 0.384. The SMILES string of the molecule is COCCOCC(O)CN1CCCC(COC)C1. The Kier molecular flexibility index (Phi) is 8.54. The first-order valence-electron chi connectivity index (χ1n) is 6.72. The number of piperidine rings is 1. The number of aliphatic hydroxyl groups excluding tert-OH is 1. The number of hydrogen-bond donors (Lipinski definition) is 1. The molecule has 1 aliphatic rings. The van der Waals surface area contributed by atoms with Crippen molar-refractivity contribution in [1.82, 2.24) is 4.90 Å². The molecule has 5 heteroatoms. The molecule has 1 heterocycles. The van der Waals surface area contributed by atoms with E-state index in [0.29, 0.717) is 32.3 Å². The molecule has 0 aromatic carbocycles. The standard InChI is InChI=1S/C13H27NO4/c1-16-6-7-18-11-13(15)9-14-5-3-4-12(8-14)10-17-2/h12-13,15H,3-11H2,1-2H3. The third-order valence-electron chi connectivity index (χ3n) is 3.22. The second-order valence-corrected chi connectivity index (χ2v) is 4.94. The van der Waals surface area contributed by atoms with Crippen LogP contribution in [-0.2, 0) is 14.2 Å². The fourth-order valence-electron chi connectivity index (χ4n) is 2.40. The number of aliphatic hydroxyl groups is 1. The molecule has 2 unspecified atom stereocenters. The molecule has 0 amide bonds. The summed E-state index contributed by atoms with van der Waals surface area (Å²) < 4.78 is 15.4. The van der Waals surface area contributed by atoms with Gasteiger partial charge in [-0.15, -0.1) is 0 Å². The molecule has 0 aliphatic carbocycles. The van der Waals surface area contributed by atoms with Crippen molar-refractivity contribution >= 4 is 0 Å². The summed E-state index contributed by atoms with van der Waals surface area (Å²) >= 11 is 0. The van der Waals surface area contributed by atoms with Gasteiger partial charge in [0.2, 0.25) is 0 Å². The first-order chi connectivity index (χ1) is 8.76. The van der Waals surface area contributed by atoms with E-state index in [0.717, 1.165) is 19.7 Å². The van der Waals surface area contributed by atoms with Gasteiger partial charge in [0.05, 0.1) is 32.5 Å². The maximum Gasteiger partial charge on any atom is 0.0900 e. The van der Waals surface area contributed by atoms with E-state index in [-0.39, 0.29) is 0 Å². The van der Waals surface area contributed by atoms with E-state index < -0.39 is 6.10 Å². The highest BCUT2D eigenvalue weighted by molar-refractivity contribution is 4.74. The van der Waals surface area contributed by atoms with Crippen molar-refractivity contribution in [2.75, 3.05) is 60.3 Å². The molecule has 1 aliphatic heterocycles. The zero-order valence-electron chi connectivity index (χ0n) is 11.6. The van der Waals surface area contributed by atoms with Crippen molar-refractivity contribution in [2.45, 2.75) is 18.9 Å². The Labute approximate surface area is 110 Å². The Morgan fingerprint density at radius 2 is 2.11 bits per heavy atom. The predicted octanol–water partition coefficient (Wildman–Crippen LogP) is 0.369. The van der Waals surface area contributed by atoms with Crippen molar-refractivity contribution in [3.63, 3.8) is 0 Å². The molecule has 2 atom stereocenters. The zero-order chi connectivity index (χ0) is 13.2. The summed E-state index contributed by atoms with van der Waals surface area (Å²) in [5.41, 5.74) is 0. The van der Waals surface area contributed by atoms with E-state index in [1.807, 2.05) is 0 Å². The summed E-state index contributed by atoms with van der Waals surface area (Å²) in [4.78, 5) is 2.30. The fraction of sp³-hybridized carbons (Fsp3) is 1.00. The Hall–Kier alpha value is -0.200. The van der Waals surface area contributed by atoms with E-state index in [1.165, 1.54) is 12.8 Å². The molecule has 1 fully saturated rings. The van der Waals surface area contributed by atoms with Gasteiger partial charge in [-0.05, 0) is 25.3 Å². The van der Waals surface area contributed by atoms with Crippen LogP contribution in [0.3, 0.4) is 0 Å². The van der Waals surface area contributed by atoms with Crippen LogP contribution < -0.4 is 0 Å². The molecule has 0 aromatic heterocycles. The normalized spacial score (nSPS) is 23.2. The maximum absolute atomic E-state index is 9.88. The number of methoxy groups -OCH3 is 2. The van der Waals surface area contributed by atoms with Crippen LogP contribution in [0.2, 0.25) is 0 Å². The number of hydrogen-bond acceptors (Lipinski definition) is 5. The van der Waals surface area contributed by atoms with Crippen molar-refractivity contribution < 1.29 is 19.3 Å². The average molecular weight is 261 g/mol. The molecule has 0 saturated carbocycles. The van der Waals surface area contributed by atoms with Gasteiger partial charge < -0.3 is 24.2 Å². The maximum atomic E-state index is 9.88. The molecule has 0 bridgehead atoms. The lowest BCUT2D eigenvalue weighted by molar-refractivity contribution is -0.00909. The largest absolute Gasteiger partial charge is 0.389 e. The van der Waals surface area contributed by atoms with Crippen LogP contribution in [-0.4, -0.2) is 76.4 Å². The Bertz CT molecular complexity index is 201. The highest BCUT2D eigenvalue weighted by Crippen LogP contribution is 2.16. The molecule has 1 N–H and O–H groups in total. The molecule has 0 aromatic rings. The molecular weight excluding hydrogens is 234 g/mol. The number of β-amino-alcohol motifs (C(OH)–C–C–N with tert-alkyl or cyclic N) is 1. The third kappa shape index (κ3) is 6.66. The number of ether oxygens (including phenoxy) is 3. The number of likely N-dealkylation sites (tertiary alicyclic amines) is 1. The van der Waals surface area contributed by atoms with Crippen molar-refractivity contribution in [2.24, 2.45) is 5.92 Å². The van der Waals surface area contributed by atoms with Crippen molar-refractivity contribution in [3.8, 4) is 0 Å². The fourth-order valence-corrected chi connectivity index (χ4v) is 2.40. The van der Waals surface area contributed by atoms with Crippen LogP contribution in [0.1, 0.15) is 12.8 Å². The highest BCUT2D eigenvalue weighted by Gasteiger charge is 2.21. The first kappa shape index (κ1) is 15.9. The van der Waals surface area contributed by atoms with Crippen LogP contribution in [0.25, 0.3) is 0 Å². The van der Waals surface area contributed by atoms with Gasteiger partial charge in [-0.3, -0.25) is 0 Å². The van der Waals surface area contributed by atoms with Gasteiger partial charge >= 0.3 is 0 Å². The molecule has 5 nitrogen and oxygen atoms in total. The molecule has 18 heavy (non-hydrogen) atoms. The Morgan fingerprint density at radius 3 is 2.83 bits per heavy atom. The average Bonchev–Trinajstić information content (AvgIpc) is 2.35. The van der Waals surface area contributed by atoms with Crippen molar-refractivity contribution in [3.05, 3.63) is 0 Å². The van der Waals surface area contributed by atoms with E-state index in [2.05, 4.69) is 4.90 Å². The van der Waals surface area contributed by atoms with E-state index >= 15 is 0 Å². The number of nitrogens with zero attached hydrogens (tertiary/aromatic N) is 1. The second kappa shape index (κ2) is 9.69. The van der Waals surface area contributed by atoms with Gasteiger partial charge in [0.15, 0.2) is 0 Å². The summed E-state index contributed by atoms with van der Waals surface area (Å²) in [5.74, 6) is 0.602. The van der Waals surface area contributed by atoms with Gasteiger partial charge in [0.1, 0.15) is 0 Å². The minimum atomic E-state index is -0.414. The second-order valence-electron chi connectivity index (χ2n) is 4.94. The minimum Gasteiger partial charge on any atom is -0.389 e. The smallest absolute Gasteiger partial charge is 0.0900 e. The molecular formula is C13H27NO4. The first-order valence-corrected chi connectivity index (χ1v) is 6.72. The summed E-state index contributed by atoms with van der Waals surface area (Å²) in [6.07, 6.45) is 2.00. The predicted molar refractivity (Wildman–Crippen MR) is 69.7 cm³/mol. The lowest BCUT2D eigenvalue weighted by Crippen LogP contribution is -2.42. The van der Waals surface area contributed by atoms with Crippen LogP contribution in [0.5, 0.6) is 0 Å². The van der Waals surface area contributed by atoms with Gasteiger partial charge in [0.25, 0.3) is 0 Å². The van der Waals surface area contributed by atoms with E-state index in [1.54, 1.807) is 14.2 Å². The van der Waals surface area contributed by atoms with E-state index in [4.69, 9.17) is 14.2 Å². The molecule has 0 spiro atoms. The van der Waals surface area contributed by atoms with Crippen LogP contribution in [0.4, 0.5) is 0 Å². The van der Waals surface area contributed by atoms with Crippen molar-refractivity contribution in [1.29, 1.82) is 0 Å². The van der Waals surface area contributed by atoms with Gasteiger partial charge in [-0.2, -0.15) is 0 Å². The van der Waals surface area contributed by atoms with E-state index in [9.17, 15) is 5.11 Å². The summed E-state index contributed by atoms with van der Waals surface area (Å²) in [7, 11) is 3.39. The lowest BCUT2D eigenvalue weighted by atomic mass is 9.99. The monoisotopic (exact) mass is 261 g/mol.